The molecule has 0 aliphatic heterocycles. The van der Waals surface area contributed by atoms with Crippen LogP contribution < -0.4 is 15.4 Å². The summed E-state index contributed by atoms with van der Waals surface area (Å²) in [4.78, 5) is 4.67. The van der Waals surface area contributed by atoms with Gasteiger partial charge in [0.1, 0.15) is 17.1 Å². The zero-order chi connectivity index (χ0) is 22.4. The minimum absolute atomic E-state index is 0. The van der Waals surface area contributed by atoms with Gasteiger partial charge in [-0.1, -0.05) is 17.7 Å². The second kappa shape index (κ2) is 11.8. The van der Waals surface area contributed by atoms with Gasteiger partial charge in [0.25, 0.3) is 0 Å². The second-order valence-electron chi connectivity index (χ2n) is 7.43. The van der Waals surface area contributed by atoms with Gasteiger partial charge >= 0.3 is 0 Å². The number of aliphatic hydroxyl groups is 1. The number of nitrogens with zero attached hydrogens (tertiary/aromatic N) is 1. The summed E-state index contributed by atoms with van der Waals surface area (Å²) >= 11 is 0. The number of halogens is 1. The van der Waals surface area contributed by atoms with Gasteiger partial charge in [-0.3, -0.25) is 0 Å². The smallest absolute Gasteiger partial charge is 0.240 e. The first kappa shape index (κ1) is 27.4. The average Bonchev–Trinajstić information content (AvgIpc) is 3.02. The molecule has 1 aromatic carbocycles. The van der Waals surface area contributed by atoms with E-state index in [0.29, 0.717) is 30.4 Å². The van der Waals surface area contributed by atoms with E-state index in [9.17, 15) is 13.5 Å². The number of benzene rings is 1. The van der Waals surface area contributed by atoms with Crippen LogP contribution in [0.1, 0.15) is 36.5 Å². The molecule has 0 saturated heterocycles. The third-order valence-electron chi connectivity index (χ3n) is 4.55. The maximum Gasteiger partial charge on any atom is 0.240 e. The number of furan rings is 1. The molecule has 1 aromatic heterocycles. The predicted molar refractivity (Wildman–Crippen MR) is 134 cm³/mol. The van der Waals surface area contributed by atoms with Gasteiger partial charge in [0.2, 0.25) is 10.0 Å². The van der Waals surface area contributed by atoms with E-state index in [0.717, 1.165) is 11.3 Å². The van der Waals surface area contributed by atoms with Crippen molar-refractivity contribution in [2.24, 2.45) is 4.99 Å². The fourth-order valence-corrected chi connectivity index (χ4v) is 4.02. The minimum atomic E-state index is -3.56. The molecular formula is C21H33IN4O4S. The van der Waals surface area contributed by atoms with Crippen LogP contribution >= 0.6 is 24.0 Å². The van der Waals surface area contributed by atoms with Crippen LogP contribution in [0.2, 0.25) is 0 Å². The molecule has 1 heterocycles. The highest BCUT2D eigenvalue weighted by Crippen LogP contribution is 2.27. The normalized spacial score (nSPS) is 13.9. The van der Waals surface area contributed by atoms with Gasteiger partial charge < -0.3 is 20.2 Å². The van der Waals surface area contributed by atoms with Crippen molar-refractivity contribution in [1.29, 1.82) is 0 Å². The Balaban J connectivity index is 0.00000480. The van der Waals surface area contributed by atoms with Crippen LogP contribution in [0.3, 0.4) is 0 Å². The van der Waals surface area contributed by atoms with E-state index in [1.165, 1.54) is 0 Å². The first-order valence-electron chi connectivity index (χ1n) is 9.93. The van der Waals surface area contributed by atoms with Gasteiger partial charge in [-0.2, -0.15) is 0 Å². The van der Waals surface area contributed by atoms with Crippen LogP contribution in [0.5, 0.6) is 0 Å². The molecule has 1 atom stereocenters. The van der Waals surface area contributed by atoms with Crippen molar-refractivity contribution in [1.82, 2.24) is 15.4 Å². The summed E-state index contributed by atoms with van der Waals surface area (Å²) in [5.74, 6) is 1.89. The lowest BCUT2D eigenvalue weighted by molar-refractivity contribution is 0.0657. The summed E-state index contributed by atoms with van der Waals surface area (Å²) in [6.45, 7) is 10.4. The molecule has 0 saturated carbocycles. The number of hydrogen-bond donors (Lipinski definition) is 4. The van der Waals surface area contributed by atoms with Gasteiger partial charge in [0, 0.05) is 25.2 Å². The Kier molecular flexibility index (Phi) is 10.5. The Bertz CT molecular complexity index is 970. The van der Waals surface area contributed by atoms with Crippen LogP contribution in [0.15, 0.2) is 44.6 Å². The van der Waals surface area contributed by atoms with Crippen LogP contribution in [-0.2, 0) is 15.6 Å². The van der Waals surface area contributed by atoms with Crippen LogP contribution in [0.4, 0.5) is 0 Å². The van der Waals surface area contributed by atoms with E-state index in [4.69, 9.17) is 4.42 Å². The third-order valence-corrected chi connectivity index (χ3v) is 6.03. The fourth-order valence-electron chi connectivity index (χ4n) is 2.99. The van der Waals surface area contributed by atoms with Gasteiger partial charge in [0.05, 0.1) is 11.4 Å². The SMILES string of the molecule is CCNC(=NCC(C)(O)c1cc(C)oc1C)NCCNS(=O)(=O)c1ccc(C)cc1.I. The molecule has 2 rings (SSSR count). The highest BCUT2D eigenvalue weighted by Gasteiger charge is 2.27. The van der Waals surface area contributed by atoms with Crippen LogP contribution in [0.25, 0.3) is 0 Å². The third kappa shape index (κ3) is 8.09. The Morgan fingerprint density at radius 1 is 1.13 bits per heavy atom. The largest absolute Gasteiger partial charge is 0.466 e. The zero-order valence-corrected chi connectivity index (χ0v) is 21.8. The van der Waals surface area contributed by atoms with Crippen LogP contribution in [0, 0.1) is 20.8 Å². The quantitative estimate of drug-likeness (QED) is 0.161. The lowest BCUT2D eigenvalue weighted by Crippen LogP contribution is -2.42. The molecule has 1 unspecified atom stereocenters. The van der Waals surface area contributed by atoms with Gasteiger partial charge in [-0.25, -0.2) is 18.1 Å². The molecule has 0 fully saturated rings. The van der Waals surface area contributed by atoms with Crippen molar-refractivity contribution in [2.45, 2.75) is 45.1 Å². The van der Waals surface area contributed by atoms with Gasteiger partial charge in [-0.15, -0.1) is 24.0 Å². The van der Waals surface area contributed by atoms with Crippen molar-refractivity contribution in [3.05, 3.63) is 53.0 Å². The molecule has 0 amide bonds. The maximum atomic E-state index is 12.3. The monoisotopic (exact) mass is 564 g/mol. The topological polar surface area (TPSA) is 116 Å². The van der Waals surface area contributed by atoms with Crippen molar-refractivity contribution in [3.63, 3.8) is 0 Å². The van der Waals surface area contributed by atoms with E-state index in [1.54, 1.807) is 31.2 Å². The number of hydrogen-bond acceptors (Lipinski definition) is 5. The number of guanidine groups is 1. The van der Waals surface area contributed by atoms with Gasteiger partial charge in [-0.05, 0) is 52.8 Å². The van der Waals surface area contributed by atoms with Crippen molar-refractivity contribution in [3.8, 4) is 0 Å². The molecule has 0 radical (unpaired) electrons. The van der Waals surface area contributed by atoms with E-state index < -0.39 is 15.6 Å². The average molecular weight is 564 g/mol. The lowest BCUT2D eigenvalue weighted by atomic mass is 9.96. The molecule has 4 N–H and O–H groups in total. The van der Waals surface area contributed by atoms with E-state index in [-0.39, 0.29) is 42.0 Å². The minimum Gasteiger partial charge on any atom is -0.466 e. The summed E-state index contributed by atoms with van der Waals surface area (Å²) in [6.07, 6.45) is 0. The molecule has 10 heteroatoms. The molecule has 0 aliphatic rings. The standard InChI is InChI=1S/C21H32N4O4S.HI/c1-6-22-20(24-14-21(5,26)19-13-16(3)29-17(19)4)23-11-12-25-30(27,28)18-9-7-15(2)8-10-18;/h7-10,13,25-26H,6,11-12,14H2,1-5H3,(H2,22,23,24);1H. The molecule has 0 aliphatic carbocycles. The Morgan fingerprint density at radius 3 is 2.32 bits per heavy atom. The van der Waals surface area contributed by atoms with Gasteiger partial charge in [0.15, 0.2) is 5.96 Å². The number of aliphatic imine (C=N–C) groups is 1. The van der Waals surface area contributed by atoms with E-state index in [1.807, 2.05) is 33.8 Å². The number of nitrogens with one attached hydrogen (secondary N) is 3. The summed E-state index contributed by atoms with van der Waals surface area (Å²) in [5.41, 5.74) is 0.515. The molecule has 31 heavy (non-hydrogen) atoms. The van der Waals surface area contributed by atoms with E-state index >= 15 is 0 Å². The number of sulfonamides is 1. The molecule has 0 bridgehead atoms. The summed E-state index contributed by atoms with van der Waals surface area (Å²) in [7, 11) is -3.56. The van der Waals surface area contributed by atoms with Crippen molar-refractivity contribution >= 4 is 40.0 Å². The molecule has 0 spiro atoms. The first-order valence-corrected chi connectivity index (χ1v) is 11.4. The summed E-state index contributed by atoms with van der Waals surface area (Å²) in [6, 6.07) is 8.50. The summed E-state index contributed by atoms with van der Waals surface area (Å²) in [5, 5.41) is 17.0. The second-order valence-corrected chi connectivity index (χ2v) is 9.20. The molecule has 174 valence electrons. The molecular weight excluding hydrogens is 531 g/mol. The number of rotatable bonds is 9. The van der Waals surface area contributed by atoms with Crippen molar-refractivity contribution < 1.29 is 17.9 Å². The molecule has 8 nitrogen and oxygen atoms in total. The predicted octanol–water partition coefficient (Wildman–Crippen LogP) is 2.56. The first-order chi connectivity index (χ1) is 14.0. The van der Waals surface area contributed by atoms with Crippen molar-refractivity contribution in [2.75, 3.05) is 26.2 Å². The lowest BCUT2D eigenvalue weighted by Gasteiger charge is -2.21. The Hall–Kier alpha value is -1.63. The highest BCUT2D eigenvalue weighted by molar-refractivity contribution is 14.0. The zero-order valence-electron chi connectivity index (χ0n) is 18.7. The maximum absolute atomic E-state index is 12.3. The highest BCUT2D eigenvalue weighted by atomic mass is 127. The molecule has 2 aromatic rings. The van der Waals surface area contributed by atoms with E-state index in [2.05, 4.69) is 20.3 Å². The Morgan fingerprint density at radius 2 is 1.77 bits per heavy atom. The Labute approximate surface area is 202 Å². The van der Waals surface area contributed by atoms with Crippen LogP contribution in [-0.4, -0.2) is 45.7 Å². The fraction of sp³-hybridized carbons (Fsp3) is 0.476. The summed E-state index contributed by atoms with van der Waals surface area (Å²) < 4.78 is 32.7. The number of aryl methyl sites for hydroxylation is 3.